The van der Waals surface area contributed by atoms with E-state index in [0.717, 1.165) is 56.6 Å². The molecule has 130 valence electrons. The van der Waals surface area contributed by atoms with Crippen molar-refractivity contribution >= 4 is 5.96 Å². The molecule has 7 heteroatoms. The van der Waals surface area contributed by atoms with Crippen molar-refractivity contribution in [2.75, 3.05) is 19.6 Å². The van der Waals surface area contributed by atoms with Gasteiger partial charge in [-0.05, 0) is 41.0 Å². The molecule has 0 amide bonds. The molecular formula is C16H31N7. The molecule has 0 radical (unpaired) electrons. The number of guanidine groups is 1. The molecule has 0 saturated carbocycles. The summed E-state index contributed by atoms with van der Waals surface area (Å²) >= 11 is 0. The second-order valence-electron chi connectivity index (χ2n) is 7.07. The van der Waals surface area contributed by atoms with Crippen molar-refractivity contribution in [2.45, 2.75) is 65.6 Å². The molecule has 3 N–H and O–H groups in total. The molecule has 1 atom stereocenters. The maximum Gasteiger partial charge on any atom is 0.191 e. The molecule has 7 nitrogen and oxygen atoms in total. The molecule has 1 aromatic heterocycles. The van der Waals surface area contributed by atoms with Crippen molar-refractivity contribution < 1.29 is 0 Å². The van der Waals surface area contributed by atoms with E-state index in [1.807, 2.05) is 11.6 Å². The first kappa shape index (κ1) is 17.7. The van der Waals surface area contributed by atoms with Crippen LogP contribution < -0.4 is 16.0 Å². The molecule has 2 rings (SSSR count). The Labute approximate surface area is 139 Å². The minimum atomic E-state index is 0.131. The van der Waals surface area contributed by atoms with Crippen LogP contribution in [0.25, 0.3) is 0 Å². The highest BCUT2D eigenvalue weighted by Gasteiger charge is 2.21. The summed E-state index contributed by atoms with van der Waals surface area (Å²) < 4.78 is 2.02. The van der Waals surface area contributed by atoms with Gasteiger partial charge in [0, 0.05) is 31.1 Å². The van der Waals surface area contributed by atoms with Gasteiger partial charge in [-0.1, -0.05) is 0 Å². The van der Waals surface area contributed by atoms with E-state index in [9.17, 15) is 0 Å². The van der Waals surface area contributed by atoms with Gasteiger partial charge in [0.1, 0.15) is 11.6 Å². The zero-order valence-electron chi connectivity index (χ0n) is 15.1. The van der Waals surface area contributed by atoms with E-state index in [-0.39, 0.29) is 5.54 Å². The van der Waals surface area contributed by atoms with Crippen LogP contribution in [0.4, 0.5) is 0 Å². The molecule has 1 aliphatic rings. The Bertz CT molecular complexity index is 527. The molecule has 2 heterocycles. The zero-order chi connectivity index (χ0) is 16.9. The van der Waals surface area contributed by atoms with Crippen LogP contribution in [0, 0.1) is 6.92 Å². The van der Waals surface area contributed by atoms with E-state index in [2.05, 4.69) is 58.7 Å². The highest BCUT2D eigenvalue weighted by Crippen LogP contribution is 2.12. The van der Waals surface area contributed by atoms with Gasteiger partial charge < -0.3 is 16.0 Å². The summed E-state index contributed by atoms with van der Waals surface area (Å²) in [6.07, 6.45) is 2.02. The molecule has 0 aromatic carbocycles. The Morgan fingerprint density at radius 3 is 2.87 bits per heavy atom. The first-order valence-corrected chi connectivity index (χ1v) is 8.57. The topological polar surface area (TPSA) is 79.2 Å². The van der Waals surface area contributed by atoms with Crippen LogP contribution in [0.15, 0.2) is 4.99 Å². The lowest BCUT2D eigenvalue weighted by molar-refractivity contribution is 0.392. The standard InChI is InChI=1S/C16H31N7/c1-6-17-15(18-9-10-19-16(3,4)5)21-13-7-8-14-20-12(2)22-23(14)11-13/h13,19H,6-11H2,1-5H3,(H2,17,18,21). The number of aromatic nitrogens is 3. The summed E-state index contributed by atoms with van der Waals surface area (Å²) in [4.78, 5) is 9.11. The van der Waals surface area contributed by atoms with Crippen LogP contribution in [0.1, 0.15) is 45.8 Å². The van der Waals surface area contributed by atoms with Gasteiger partial charge >= 0.3 is 0 Å². The predicted molar refractivity (Wildman–Crippen MR) is 93.7 cm³/mol. The molecule has 1 unspecified atom stereocenters. The Kier molecular flexibility index (Phi) is 5.98. The highest BCUT2D eigenvalue weighted by atomic mass is 15.4. The van der Waals surface area contributed by atoms with Crippen LogP contribution in [-0.2, 0) is 13.0 Å². The normalized spacial score (nSPS) is 18.7. The third-order valence-electron chi connectivity index (χ3n) is 3.69. The summed E-state index contributed by atoms with van der Waals surface area (Å²) in [6.45, 7) is 13.9. The number of fused-ring (bicyclic) bond motifs is 1. The predicted octanol–water partition coefficient (Wildman–Crippen LogP) is 0.845. The minimum Gasteiger partial charge on any atom is -0.357 e. The first-order valence-electron chi connectivity index (χ1n) is 8.57. The van der Waals surface area contributed by atoms with Crippen LogP contribution in [0.2, 0.25) is 0 Å². The monoisotopic (exact) mass is 321 g/mol. The Morgan fingerprint density at radius 1 is 1.39 bits per heavy atom. The zero-order valence-corrected chi connectivity index (χ0v) is 15.1. The third-order valence-corrected chi connectivity index (χ3v) is 3.69. The third kappa shape index (κ3) is 5.82. The largest absolute Gasteiger partial charge is 0.357 e. The van der Waals surface area contributed by atoms with Crippen LogP contribution in [-0.4, -0.2) is 51.9 Å². The van der Waals surface area contributed by atoms with Gasteiger partial charge in [0.25, 0.3) is 0 Å². The van der Waals surface area contributed by atoms with E-state index in [1.165, 1.54) is 0 Å². The quantitative estimate of drug-likeness (QED) is 0.426. The molecule has 1 aliphatic heterocycles. The molecule has 0 spiro atoms. The Morgan fingerprint density at radius 2 is 2.17 bits per heavy atom. The van der Waals surface area contributed by atoms with Gasteiger partial charge in [-0.15, -0.1) is 0 Å². The molecule has 1 aromatic rings. The molecule has 0 saturated heterocycles. The number of nitrogens with zero attached hydrogens (tertiary/aromatic N) is 4. The first-order chi connectivity index (χ1) is 10.9. The van der Waals surface area contributed by atoms with Gasteiger partial charge in [0.15, 0.2) is 5.96 Å². The van der Waals surface area contributed by atoms with Gasteiger partial charge in [-0.3, -0.25) is 4.99 Å². The Hall–Kier alpha value is -1.63. The van der Waals surface area contributed by atoms with E-state index < -0.39 is 0 Å². The maximum atomic E-state index is 4.66. The fourth-order valence-electron chi connectivity index (χ4n) is 2.66. The van der Waals surface area contributed by atoms with Crippen molar-refractivity contribution in [3.8, 4) is 0 Å². The number of aryl methyl sites for hydroxylation is 2. The molecule has 23 heavy (non-hydrogen) atoms. The number of hydrogen-bond acceptors (Lipinski definition) is 4. The van der Waals surface area contributed by atoms with E-state index in [0.29, 0.717) is 6.04 Å². The maximum absolute atomic E-state index is 4.66. The lowest BCUT2D eigenvalue weighted by Gasteiger charge is -2.25. The summed E-state index contributed by atoms with van der Waals surface area (Å²) in [5.74, 6) is 2.83. The van der Waals surface area contributed by atoms with Gasteiger partial charge in [-0.2, -0.15) is 5.10 Å². The second kappa shape index (κ2) is 7.77. The lowest BCUT2D eigenvalue weighted by atomic mass is 10.1. The summed E-state index contributed by atoms with van der Waals surface area (Å²) in [7, 11) is 0. The average molecular weight is 321 g/mol. The highest BCUT2D eigenvalue weighted by molar-refractivity contribution is 5.80. The molecule has 0 bridgehead atoms. The van der Waals surface area contributed by atoms with Crippen LogP contribution in [0.3, 0.4) is 0 Å². The van der Waals surface area contributed by atoms with Crippen molar-refractivity contribution in [3.05, 3.63) is 11.6 Å². The van der Waals surface area contributed by atoms with Crippen molar-refractivity contribution in [2.24, 2.45) is 4.99 Å². The number of hydrogen-bond donors (Lipinski definition) is 3. The molecule has 0 fully saturated rings. The van der Waals surface area contributed by atoms with Gasteiger partial charge in [0.05, 0.1) is 13.1 Å². The minimum absolute atomic E-state index is 0.131. The van der Waals surface area contributed by atoms with Gasteiger partial charge in [0.2, 0.25) is 0 Å². The smallest absolute Gasteiger partial charge is 0.191 e. The fourth-order valence-corrected chi connectivity index (χ4v) is 2.66. The summed E-state index contributed by atoms with van der Waals surface area (Å²) in [6, 6.07) is 0.344. The van der Waals surface area contributed by atoms with Crippen LogP contribution >= 0.6 is 0 Å². The Balaban J connectivity index is 1.87. The van der Waals surface area contributed by atoms with E-state index in [4.69, 9.17) is 0 Å². The summed E-state index contributed by atoms with van der Waals surface area (Å²) in [5.41, 5.74) is 0.131. The van der Waals surface area contributed by atoms with Crippen molar-refractivity contribution in [3.63, 3.8) is 0 Å². The fraction of sp³-hybridized carbons (Fsp3) is 0.812. The number of aliphatic imine (C=N–C) groups is 1. The second-order valence-corrected chi connectivity index (χ2v) is 7.07. The molecule has 0 aliphatic carbocycles. The SMILES string of the molecule is CCNC(=NCCNC(C)(C)C)NC1CCc2nc(C)nn2C1. The van der Waals surface area contributed by atoms with E-state index in [1.54, 1.807) is 0 Å². The molecular weight excluding hydrogens is 290 g/mol. The van der Waals surface area contributed by atoms with Crippen LogP contribution in [0.5, 0.6) is 0 Å². The van der Waals surface area contributed by atoms with Gasteiger partial charge in [-0.25, -0.2) is 9.67 Å². The lowest BCUT2D eigenvalue weighted by Crippen LogP contribution is -2.47. The number of rotatable bonds is 5. The average Bonchev–Trinajstić information content (AvgIpc) is 2.82. The summed E-state index contributed by atoms with van der Waals surface area (Å²) in [5, 5.41) is 14.8. The van der Waals surface area contributed by atoms with Crippen molar-refractivity contribution in [1.82, 2.24) is 30.7 Å². The number of nitrogens with one attached hydrogen (secondary N) is 3. The van der Waals surface area contributed by atoms with Crippen molar-refractivity contribution in [1.29, 1.82) is 0 Å². The van der Waals surface area contributed by atoms with E-state index >= 15 is 0 Å².